The molecule has 132 valence electrons. The van der Waals surface area contributed by atoms with Crippen LogP contribution in [0.5, 0.6) is 0 Å². The van der Waals surface area contributed by atoms with Crippen LogP contribution in [-0.4, -0.2) is 53.5 Å². The van der Waals surface area contributed by atoms with E-state index in [-0.39, 0.29) is 19.0 Å². The van der Waals surface area contributed by atoms with Gasteiger partial charge in [0, 0.05) is 19.6 Å². The normalized spacial score (nSPS) is 19.2. The van der Waals surface area contributed by atoms with Crippen LogP contribution in [0.1, 0.15) is 25.3 Å². The van der Waals surface area contributed by atoms with Gasteiger partial charge < -0.3 is 9.80 Å². The molecule has 1 aromatic carbocycles. The number of carbonyl (C=O) groups excluding carboxylic acids is 2. The molecular weight excluding hydrogens is 321 g/mol. The summed E-state index contributed by atoms with van der Waals surface area (Å²) in [6.07, 6.45) is -3.68. The maximum Gasteiger partial charge on any atom is 0.471 e. The molecule has 0 saturated carbocycles. The van der Waals surface area contributed by atoms with Gasteiger partial charge in [-0.15, -0.1) is 0 Å². The van der Waals surface area contributed by atoms with E-state index in [1.807, 2.05) is 37.3 Å². The number of carbonyl (C=O) groups is 2. The Morgan fingerprint density at radius 3 is 2.50 bits per heavy atom. The van der Waals surface area contributed by atoms with Gasteiger partial charge in [-0.1, -0.05) is 30.3 Å². The van der Waals surface area contributed by atoms with E-state index in [9.17, 15) is 22.8 Å². The summed E-state index contributed by atoms with van der Waals surface area (Å²) in [4.78, 5) is 26.2. The molecule has 0 N–H and O–H groups in total. The molecule has 1 aliphatic heterocycles. The zero-order valence-electron chi connectivity index (χ0n) is 13.7. The van der Waals surface area contributed by atoms with Gasteiger partial charge in [-0.3, -0.25) is 9.59 Å². The summed E-state index contributed by atoms with van der Waals surface area (Å²) in [5.74, 6) is -2.36. The van der Waals surface area contributed by atoms with Crippen molar-refractivity contribution in [1.29, 1.82) is 0 Å². The molecule has 1 saturated heterocycles. The van der Waals surface area contributed by atoms with Crippen LogP contribution >= 0.6 is 0 Å². The van der Waals surface area contributed by atoms with Gasteiger partial charge in [0.15, 0.2) is 0 Å². The van der Waals surface area contributed by atoms with Gasteiger partial charge in [-0.05, 0) is 31.7 Å². The minimum absolute atomic E-state index is 0.0321. The number of alkyl halides is 3. The highest BCUT2D eigenvalue weighted by Gasteiger charge is 2.48. The average molecular weight is 342 g/mol. The van der Waals surface area contributed by atoms with E-state index in [4.69, 9.17) is 0 Å². The van der Waals surface area contributed by atoms with Crippen molar-refractivity contribution in [2.24, 2.45) is 0 Å². The molecule has 2 amide bonds. The number of hydrogen-bond donors (Lipinski definition) is 0. The molecule has 2 atom stereocenters. The topological polar surface area (TPSA) is 40.6 Å². The summed E-state index contributed by atoms with van der Waals surface area (Å²) in [5.41, 5.74) is 1.04. The Bertz CT molecular complexity index is 589. The van der Waals surface area contributed by atoms with E-state index in [0.29, 0.717) is 17.7 Å². The van der Waals surface area contributed by atoms with Crippen LogP contribution in [0.3, 0.4) is 0 Å². The molecule has 1 aliphatic rings. The summed E-state index contributed by atoms with van der Waals surface area (Å²) < 4.78 is 38.0. The lowest BCUT2D eigenvalue weighted by Gasteiger charge is -2.32. The highest BCUT2D eigenvalue weighted by atomic mass is 19.4. The smallest absolute Gasteiger partial charge is 0.341 e. The van der Waals surface area contributed by atoms with Crippen LogP contribution in [0.4, 0.5) is 13.2 Å². The molecule has 7 heteroatoms. The fraction of sp³-hybridized carbons (Fsp3) is 0.529. The number of likely N-dealkylation sites (N-methyl/N-ethyl adjacent to an activating group) is 1. The van der Waals surface area contributed by atoms with Crippen molar-refractivity contribution in [2.45, 2.75) is 44.4 Å². The lowest BCUT2D eigenvalue weighted by atomic mass is 10.1. The van der Waals surface area contributed by atoms with Gasteiger partial charge in [0.05, 0.1) is 0 Å². The minimum Gasteiger partial charge on any atom is -0.341 e. The predicted molar refractivity (Wildman–Crippen MR) is 83.2 cm³/mol. The van der Waals surface area contributed by atoms with E-state index >= 15 is 0 Å². The Kier molecular flexibility index (Phi) is 5.51. The summed E-state index contributed by atoms with van der Waals surface area (Å²) in [6.45, 7) is 1.81. The second-order valence-corrected chi connectivity index (χ2v) is 6.14. The molecular formula is C17H21F3N2O2. The molecule has 0 radical (unpaired) electrons. The number of benzene rings is 1. The first kappa shape index (κ1) is 18.3. The van der Waals surface area contributed by atoms with Gasteiger partial charge in [0.25, 0.3) is 0 Å². The predicted octanol–water partition coefficient (Wildman–Crippen LogP) is 2.63. The van der Waals surface area contributed by atoms with Gasteiger partial charge in [0.2, 0.25) is 5.91 Å². The van der Waals surface area contributed by atoms with Gasteiger partial charge >= 0.3 is 12.1 Å². The maximum absolute atomic E-state index is 12.7. The van der Waals surface area contributed by atoms with Crippen molar-refractivity contribution in [3.05, 3.63) is 35.9 Å². The van der Waals surface area contributed by atoms with Crippen molar-refractivity contribution >= 4 is 11.8 Å². The zero-order chi connectivity index (χ0) is 17.9. The summed E-state index contributed by atoms with van der Waals surface area (Å²) in [7, 11) is 1.57. The van der Waals surface area contributed by atoms with Crippen LogP contribution in [-0.2, 0) is 16.0 Å². The Labute approximate surface area is 139 Å². The highest BCUT2D eigenvalue weighted by Crippen LogP contribution is 2.27. The lowest BCUT2D eigenvalue weighted by molar-refractivity contribution is -0.187. The number of halogens is 3. The Morgan fingerprint density at radius 1 is 1.29 bits per heavy atom. The van der Waals surface area contributed by atoms with Crippen molar-refractivity contribution in [3.63, 3.8) is 0 Å². The molecule has 1 aromatic rings. The zero-order valence-corrected chi connectivity index (χ0v) is 13.7. The standard InChI is InChI=1S/C17H21F3N2O2/c1-12(11-13-7-4-3-5-8-13)21(2)15(23)14-9-6-10-22(14)16(24)17(18,19)20/h3-5,7-8,12,14H,6,9-11H2,1-2H3/t12-,14-/m0/s1. The van der Waals surface area contributed by atoms with Gasteiger partial charge in [-0.25, -0.2) is 0 Å². The van der Waals surface area contributed by atoms with Crippen LogP contribution in [0.25, 0.3) is 0 Å². The molecule has 0 aliphatic carbocycles. The van der Waals surface area contributed by atoms with E-state index in [1.165, 1.54) is 4.90 Å². The van der Waals surface area contributed by atoms with Gasteiger partial charge in [-0.2, -0.15) is 13.2 Å². The maximum atomic E-state index is 12.7. The van der Waals surface area contributed by atoms with E-state index in [1.54, 1.807) is 7.05 Å². The third-order valence-electron chi connectivity index (χ3n) is 4.42. The number of hydrogen-bond acceptors (Lipinski definition) is 2. The number of likely N-dealkylation sites (tertiary alicyclic amines) is 1. The Balaban J connectivity index is 2.05. The molecule has 1 fully saturated rings. The molecule has 0 unspecified atom stereocenters. The van der Waals surface area contributed by atoms with Crippen LogP contribution in [0.2, 0.25) is 0 Å². The van der Waals surface area contributed by atoms with E-state index in [2.05, 4.69) is 0 Å². The summed E-state index contributed by atoms with van der Waals surface area (Å²) in [6, 6.07) is 8.34. The second-order valence-electron chi connectivity index (χ2n) is 6.14. The van der Waals surface area contributed by atoms with Crippen molar-refractivity contribution in [1.82, 2.24) is 9.80 Å². The Hall–Kier alpha value is -2.05. The number of amides is 2. The van der Waals surface area contributed by atoms with Gasteiger partial charge in [0.1, 0.15) is 6.04 Å². The first-order valence-electron chi connectivity index (χ1n) is 7.90. The molecule has 0 spiro atoms. The third-order valence-corrected chi connectivity index (χ3v) is 4.42. The molecule has 0 aromatic heterocycles. The van der Waals surface area contributed by atoms with Crippen molar-refractivity contribution in [3.8, 4) is 0 Å². The van der Waals surface area contributed by atoms with Crippen LogP contribution in [0.15, 0.2) is 30.3 Å². The molecule has 4 nitrogen and oxygen atoms in total. The number of rotatable bonds is 4. The van der Waals surface area contributed by atoms with Crippen molar-refractivity contribution < 1.29 is 22.8 Å². The largest absolute Gasteiger partial charge is 0.471 e. The molecule has 2 rings (SSSR count). The van der Waals surface area contributed by atoms with Crippen LogP contribution in [0, 0.1) is 0 Å². The SMILES string of the molecule is C[C@@H](Cc1ccccc1)N(C)C(=O)[C@@H]1CCCN1C(=O)C(F)(F)F. The number of nitrogens with zero attached hydrogens (tertiary/aromatic N) is 2. The Morgan fingerprint density at radius 2 is 1.92 bits per heavy atom. The minimum atomic E-state index is -4.95. The third kappa shape index (κ3) is 4.07. The molecule has 24 heavy (non-hydrogen) atoms. The fourth-order valence-corrected chi connectivity index (χ4v) is 2.97. The average Bonchev–Trinajstić information content (AvgIpc) is 3.02. The van der Waals surface area contributed by atoms with Crippen LogP contribution < -0.4 is 0 Å². The summed E-state index contributed by atoms with van der Waals surface area (Å²) in [5, 5.41) is 0. The van der Waals surface area contributed by atoms with Crippen molar-refractivity contribution in [2.75, 3.05) is 13.6 Å². The summed E-state index contributed by atoms with van der Waals surface area (Å²) >= 11 is 0. The monoisotopic (exact) mass is 342 g/mol. The molecule has 1 heterocycles. The first-order valence-corrected chi connectivity index (χ1v) is 7.90. The molecule has 0 bridgehead atoms. The fourth-order valence-electron chi connectivity index (χ4n) is 2.97. The van der Waals surface area contributed by atoms with E-state index in [0.717, 1.165) is 5.56 Å². The highest BCUT2D eigenvalue weighted by molar-refractivity contribution is 5.90. The first-order chi connectivity index (χ1) is 11.2. The van der Waals surface area contributed by atoms with E-state index < -0.39 is 24.0 Å². The quantitative estimate of drug-likeness (QED) is 0.844. The lowest BCUT2D eigenvalue weighted by Crippen LogP contribution is -2.52. The second kappa shape index (κ2) is 7.23.